The molecule has 0 bridgehead atoms. The molecule has 0 aliphatic rings. The molecular formula is C13H16N4OS2. The lowest BCUT2D eigenvalue weighted by atomic mass is 10.3. The topological polar surface area (TPSA) is 80.9 Å². The summed E-state index contributed by atoms with van der Waals surface area (Å²) < 4.78 is 0. The number of nitrogens with two attached hydrogens (primary N) is 1. The lowest BCUT2D eigenvalue weighted by molar-refractivity contribution is -0.115. The van der Waals surface area contributed by atoms with Crippen molar-refractivity contribution in [2.45, 2.75) is 30.4 Å². The van der Waals surface area contributed by atoms with Gasteiger partial charge in [-0.05, 0) is 37.6 Å². The van der Waals surface area contributed by atoms with Crippen molar-refractivity contribution >= 4 is 39.8 Å². The van der Waals surface area contributed by atoms with Crippen LogP contribution in [0.15, 0.2) is 29.2 Å². The Labute approximate surface area is 126 Å². The van der Waals surface area contributed by atoms with Crippen LogP contribution in [0, 0.1) is 6.92 Å². The summed E-state index contributed by atoms with van der Waals surface area (Å²) in [6.45, 7) is 3.84. The molecule has 106 valence electrons. The lowest BCUT2D eigenvalue weighted by Gasteiger charge is -2.13. The third-order valence-corrected chi connectivity index (χ3v) is 4.71. The van der Waals surface area contributed by atoms with Crippen LogP contribution in [0.1, 0.15) is 18.4 Å². The van der Waals surface area contributed by atoms with Crippen molar-refractivity contribution in [3.63, 3.8) is 0 Å². The normalized spacial score (nSPS) is 12.1. The largest absolute Gasteiger partial charge is 0.399 e. The number of aromatic nitrogens is 2. The van der Waals surface area contributed by atoms with E-state index >= 15 is 0 Å². The van der Waals surface area contributed by atoms with Gasteiger partial charge < -0.3 is 5.73 Å². The first kappa shape index (κ1) is 14.8. The molecule has 1 heterocycles. The van der Waals surface area contributed by atoms with E-state index in [0.29, 0.717) is 5.13 Å². The quantitative estimate of drug-likeness (QED) is 0.655. The van der Waals surface area contributed by atoms with E-state index in [-0.39, 0.29) is 11.2 Å². The van der Waals surface area contributed by atoms with Crippen molar-refractivity contribution in [3.8, 4) is 0 Å². The van der Waals surface area contributed by atoms with Gasteiger partial charge in [0.05, 0.1) is 5.25 Å². The Hall–Kier alpha value is -1.60. The van der Waals surface area contributed by atoms with Crippen LogP contribution >= 0.6 is 23.1 Å². The Morgan fingerprint density at radius 2 is 2.10 bits per heavy atom. The van der Waals surface area contributed by atoms with Crippen LogP contribution in [-0.2, 0) is 4.79 Å². The Kier molecular flexibility index (Phi) is 4.97. The number of carbonyl (C=O) groups excluding carboxylic acids is 1. The number of hydrogen-bond acceptors (Lipinski definition) is 6. The summed E-state index contributed by atoms with van der Waals surface area (Å²) in [5.41, 5.74) is 6.37. The second kappa shape index (κ2) is 6.71. The summed E-state index contributed by atoms with van der Waals surface area (Å²) >= 11 is 2.89. The van der Waals surface area contributed by atoms with Crippen LogP contribution < -0.4 is 11.1 Å². The van der Waals surface area contributed by atoms with Crippen LogP contribution in [0.25, 0.3) is 0 Å². The van der Waals surface area contributed by atoms with E-state index in [4.69, 9.17) is 5.73 Å². The van der Waals surface area contributed by atoms with Crippen molar-refractivity contribution in [3.05, 3.63) is 29.3 Å². The van der Waals surface area contributed by atoms with E-state index in [9.17, 15) is 4.79 Å². The summed E-state index contributed by atoms with van der Waals surface area (Å²) in [5.74, 6) is -0.0505. The maximum Gasteiger partial charge on any atom is 0.239 e. The first-order valence-electron chi connectivity index (χ1n) is 6.21. The fourth-order valence-electron chi connectivity index (χ4n) is 1.57. The zero-order valence-electron chi connectivity index (χ0n) is 11.3. The molecule has 0 saturated heterocycles. The van der Waals surface area contributed by atoms with Crippen molar-refractivity contribution in [1.29, 1.82) is 0 Å². The van der Waals surface area contributed by atoms with E-state index < -0.39 is 0 Å². The van der Waals surface area contributed by atoms with Gasteiger partial charge in [-0.15, -0.1) is 22.0 Å². The van der Waals surface area contributed by atoms with Gasteiger partial charge >= 0.3 is 0 Å². The zero-order valence-corrected chi connectivity index (χ0v) is 12.9. The van der Waals surface area contributed by atoms with Crippen LogP contribution in [0.2, 0.25) is 0 Å². The zero-order chi connectivity index (χ0) is 14.5. The van der Waals surface area contributed by atoms with Gasteiger partial charge in [-0.2, -0.15) is 0 Å². The fraction of sp³-hybridized carbons (Fsp3) is 0.308. The molecule has 0 radical (unpaired) electrons. The molecule has 1 atom stereocenters. The predicted octanol–water partition coefficient (Wildman–Crippen LogP) is 2.94. The lowest BCUT2D eigenvalue weighted by Crippen LogP contribution is -2.24. The molecule has 5 nitrogen and oxygen atoms in total. The summed E-state index contributed by atoms with van der Waals surface area (Å²) in [7, 11) is 0. The molecule has 2 rings (SSSR count). The van der Waals surface area contributed by atoms with Gasteiger partial charge in [-0.1, -0.05) is 18.3 Å². The van der Waals surface area contributed by atoms with Gasteiger partial charge in [-0.25, -0.2) is 0 Å². The van der Waals surface area contributed by atoms with Crippen LogP contribution in [0.5, 0.6) is 0 Å². The Bertz CT molecular complexity index is 582. The molecule has 0 spiro atoms. The molecule has 0 aliphatic carbocycles. The van der Waals surface area contributed by atoms with Gasteiger partial charge in [0.25, 0.3) is 0 Å². The average Bonchev–Trinajstić information content (AvgIpc) is 2.83. The summed E-state index contributed by atoms with van der Waals surface area (Å²) in [5, 5.41) is 11.8. The molecule has 0 saturated carbocycles. The van der Waals surface area contributed by atoms with E-state index in [1.165, 1.54) is 23.1 Å². The summed E-state index contributed by atoms with van der Waals surface area (Å²) in [4.78, 5) is 13.2. The second-order valence-corrected chi connectivity index (χ2v) is 6.66. The van der Waals surface area contributed by atoms with Crippen LogP contribution in [0.3, 0.4) is 0 Å². The third kappa shape index (κ3) is 3.94. The highest BCUT2D eigenvalue weighted by Gasteiger charge is 2.19. The summed E-state index contributed by atoms with van der Waals surface area (Å²) in [6.07, 6.45) is 0.735. The highest BCUT2D eigenvalue weighted by atomic mass is 32.2. The number of carbonyl (C=O) groups is 1. The molecular weight excluding hydrogens is 292 g/mol. The molecule has 1 unspecified atom stereocenters. The Morgan fingerprint density at radius 3 is 2.65 bits per heavy atom. The standard InChI is InChI=1S/C13H16N4OS2/c1-3-11(20-10-6-4-9(14)5-7-10)12(18)15-13-17-16-8(2)19-13/h4-7,11H,3,14H2,1-2H3,(H,15,17,18). The van der Waals surface area contributed by atoms with Gasteiger partial charge in [0.15, 0.2) is 0 Å². The minimum atomic E-state index is -0.164. The smallest absolute Gasteiger partial charge is 0.239 e. The SMILES string of the molecule is CCC(Sc1ccc(N)cc1)C(=O)Nc1nnc(C)s1. The number of aryl methyl sites for hydroxylation is 1. The molecule has 3 N–H and O–H groups in total. The number of nitrogens with zero attached hydrogens (tertiary/aromatic N) is 2. The van der Waals surface area contributed by atoms with Gasteiger partial charge in [0, 0.05) is 10.6 Å². The minimum Gasteiger partial charge on any atom is -0.399 e. The first-order chi connectivity index (χ1) is 9.58. The first-order valence-corrected chi connectivity index (χ1v) is 7.91. The minimum absolute atomic E-state index is 0.0505. The van der Waals surface area contributed by atoms with Crippen LogP contribution in [0.4, 0.5) is 10.8 Å². The van der Waals surface area contributed by atoms with Gasteiger partial charge in [0.1, 0.15) is 5.01 Å². The highest BCUT2D eigenvalue weighted by molar-refractivity contribution is 8.00. The molecule has 1 aromatic heterocycles. The van der Waals surface area contributed by atoms with E-state index in [0.717, 1.165) is 22.0 Å². The van der Waals surface area contributed by atoms with E-state index in [1.807, 2.05) is 38.1 Å². The molecule has 2 aromatic rings. The molecule has 7 heteroatoms. The third-order valence-electron chi connectivity index (χ3n) is 2.58. The number of hydrogen-bond donors (Lipinski definition) is 2. The monoisotopic (exact) mass is 308 g/mol. The van der Waals surface area contributed by atoms with Crippen molar-refractivity contribution in [2.24, 2.45) is 0 Å². The molecule has 1 amide bonds. The molecule has 0 fully saturated rings. The van der Waals surface area contributed by atoms with Crippen molar-refractivity contribution < 1.29 is 4.79 Å². The summed E-state index contributed by atoms with van der Waals surface area (Å²) in [6, 6.07) is 7.51. The Morgan fingerprint density at radius 1 is 1.40 bits per heavy atom. The maximum atomic E-state index is 12.2. The van der Waals surface area contributed by atoms with Gasteiger partial charge in [-0.3, -0.25) is 10.1 Å². The number of nitrogen functional groups attached to an aromatic ring is 1. The highest BCUT2D eigenvalue weighted by Crippen LogP contribution is 2.27. The van der Waals surface area contributed by atoms with Crippen LogP contribution in [-0.4, -0.2) is 21.4 Å². The molecule has 1 aromatic carbocycles. The molecule has 20 heavy (non-hydrogen) atoms. The van der Waals surface area contributed by atoms with Crippen molar-refractivity contribution in [1.82, 2.24) is 10.2 Å². The number of rotatable bonds is 5. The maximum absolute atomic E-state index is 12.2. The number of thioether (sulfide) groups is 1. The second-order valence-electron chi connectivity index (χ2n) is 4.20. The van der Waals surface area contributed by atoms with E-state index in [2.05, 4.69) is 15.5 Å². The van der Waals surface area contributed by atoms with E-state index in [1.54, 1.807) is 0 Å². The number of anilines is 2. The molecule has 0 aliphatic heterocycles. The van der Waals surface area contributed by atoms with Crippen molar-refractivity contribution in [2.75, 3.05) is 11.1 Å². The number of amides is 1. The number of benzene rings is 1. The van der Waals surface area contributed by atoms with Gasteiger partial charge in [0.2, 0.25) is 11.0 Å². The number of nitrogens with one attached hydrogen (secondary N) is 1. The average molecular weight is 308 g/mol. The fourth-order valence-corrected chi connectivity index (χ4v) is 3.11. The predicted molar refractivity (Wildman–Crippen MR) is 84.1 cm³/mol. The Balaban J connectivity index is 2.00.